The molecule has 3 unspecified atom stereocenters. The summed E-state index contributed by atoms with van der Waals surface area (Å²) >= 11 is 0. The van der Waals surface area contributed by atoms with Crippen molar-refractivity contribution in [2.45, 2.75) is 56.8 Å². The molecular weight excluding hydrogens is 636 g/mol. The molecule has 0 bridgehead atoms. The van der Waals surface area contributed by atoms with Crippen molar-refractivity contribution in [1.29, 1.82) is 0 Å². The number of ether oxygens (including phenoxy) is 1. The summed E-state index contributed by atoms with van der Waals surface area (Å²) in [5, 5.41) is 15.4. The van der Waals surface area contributed by atoms with Gasteiger partial charge in [-0.1, -0.05) is 103 Å². The minimum atomic E-state index is -0.754. The Bertz CT molecular complexity index is 1770. The molecule has 51 heavy (non-hydrogen) atoms. The van der Waals surface area contributed by atoms with Gasteiger partial charge in [0.15, 0.2) is 0 Å². The molecule has 8 heteroatoms. The van der Waals surface area contributed by atoms with Crippen LogP contribution in [0.4, 0.5) is 11.4 Å². The van der Waals surface area contributed by atoms with E-state index in [0.29, 0.717) is 31.5 Å². The molecule has 0 fully saturated rings. The normalized spacial score (nSPS) is 12.7. The highest BCUT2D eigenvalue weighted by molar-refractivity contribution is 5.97. The van der Waals surface area contributed by atoms with Gasteiger partial charge in [0.1, 0.15) is 11.8 Å². The van der Waals surface area contributed by atoms with Gasteiger partial charge in [-0.25, -0.2) is 0 Å². The highest BCUT2D eigenvalue weighted by Crippen LogP contribution is 2.34. The molecule has 0 aliphatic rings. The topological polar surface area (TPSA) is 117 Å². The van der Waals surface area contributed by atoms with Crippen LogP contribution in [0.1, 0.15) is 54.0 Å². The first-order valence-corrected chi connectivity index (χ1v) is 17.5. The van der Waals surface area contributed by atoms with E-state index in [-0.39, 0.29) is 36.9 Å². The van der Waals surface area contributed by atoms with E-state index in [0.717, 1.165) is 40.1 Å². The average molecular weight is 685 g/mol. The Labute approximate surface area is 301 Å². The van der Waals surface area contributed by atoms with Gasteiger partial charge in [0, 0.05) is 30.4 Å². The molecular formula is C43H48N4O4. The molecule has 0 aliphatic carbocycles. The van der Waals surface area contributed by atoms with E-state index in [9.17, 15) is 14.7 Å². The van der Waals surface area contributed by atoms with Gasteiger partial charge in [0.2, 0.25) is 11.8 Å². The second-order valence-corrected chi connectivity index (χ2v) is 12.7. The van der Waals surface area contributed by atoms with Crippen molar-refractivity contribution in [3.63, 3.8) is 0 Å². The number of para-hydroxylation sites is 1. The van der Waals surface area contributed by atoms with E-state index in [4.69, 9.17) is 10.5 Å². The maximum Gasteiger partial charge on any atom is 0.246 e. The van der Waals surface area contributed by atoms with Gasteiger partial charge in [0.05, 0.1) is 19.8 Å². The highest BCUT2D eigenvalue weighted by atomic mass is 16.5. The van der Waals surface area contributed by atoms with Crippen LogP contribution in [-0.4, -0.2) is 42.7 Å². The number of amides is 2. The van der Waals surface area contributed by atoms with Crippen LogP contribution in [0.15, 0.2) is 140 Å². The molecule has 0 saturated heterocycles. The fourth-order valence-corrected chi connectivity index (χ4v) is 6.30. The molecule has 5 aromatic carbocycles. The third-order valence-electron chi connectivity index (χ3n) is 8.93. The zero-order valence-corrected chi connectivity index (χ0v) is 29.2. The molecule has 5 N–H and O–H groups in total. The number of unbranched alkanes of at least 4 members (excludes halogenated alkanes) is 1. The number of hydrogen-bond acceptors (Lipinski definition) is 6. The van der Waals surface area contributed by atoms with Crippen molar-refractivity contribution in [2.75, 3.05) is 23.9 Å². The Morgan fingerprint density at radius 1 is 0.745 bits per heavy atom. The van der Waals surface area contributed by atoms with Gasteiger partial charge in [-0.05, 0) is 84.3 Å². The van der Waals surface area contributed by atoms with Gasteiger partial charge in [-0.15, -0.1) is 0 Å². The number of methoxy groups -OCH3 is 1. The molecule has 264 valence electrons. The predicted molar refractivity (Wildman–Crippen MR) is 205 cm³/mol. The number of benzene rings is 5. The Balaban J connectivity index is 1.31. The highest BCUT2D eigenvalue weighted by Gasteiger charge is 2.25. The number of aliphatic hydroxyl groups is 1. The molecule has 0 saturated carbocycles. The largest absolute Gasteiger partial charge is 0.497 e. The van der Waals surface area contributed by atoms with Crippen molar-refractivity contribution in [3.8, 4) is 5.75 Å². The number of nitrogens with two attached hydrogens (primary N) is 1. The Morgan fingerprint density at radius 3 is 1.98 bits per heavy atom. The number of carbonyl (C=O) groups excluding carboxylic acids is 2. The first-order valence-electron chi connectivity index (χ1n) is 17.5. The van der Waals surface area contributed by atoms with E-state index in [1.807, 2.05) is 66.7 Å². The molecule has 0 spiro atoms. The Hall–Kier alpha value is -5.44. The van der Waals surface area contributed by atoms with Crippen molar-refractivity contribution in [3.05, 3.63) is 162 Å². The van der Waals surface area contributed by atoms with E-state index in [1.165, 1.54) is 0 Å². The SMILES string of the molecule is COc1ccc(C(c2ccccc2)N(CCCCC(NC(=O)CC(N)Cc2ccccc2)C(=O)Nc2ccc(CO)cc2)c2ccccc2)cc1. The molecule has 3 atom stereocenters. The smallest absolute Gasteiger partial charge is 0.246 e. The number of carbonyl (C=O) groups is 2. The van der Waals surface area contributed by atoms with Crippen molar-refractivity contribution >= 4 is 23.2 Å². The third kappa shape index (κ3) is 11.0. The molecule has 5 aromatic rings. The van der Waals surface area contributed by atoms with Crippen LogP contribution >= 0.6 is 0 Å². The van der Waals surface area contributed by atoms with Gasteiger partial charge in [-0.2, -0.15) is 0 Å². The summed E-state index contributed by atoms with van der Waals surface area (Å²) in [6.07, 6.45) is 2.57. The standard InChI is InChI=1S/C43H48N4O4/c1-51-39-26-22-35(23-27-39)42(34-15-7-3-8-16-34)47(38-17-9-4-10-18-38)28-12-11-19-40(43(50)45-37-24-20-33(31-48)21-25-37)46-41(49)30-36(44)29-32-13-5-2-6-14-32/h2-10,13-18,20-27,36,40,42,48H,11-12,19,28-31,44H2,1H3,(H,45,50)(H,46,49). The minimum absolute atomic E-state index is 0.0636. The zero-order valence-electron chi connectivity index (χ0n) is 29.2. The second kappa shape index (κ2) is 19.1. The maximum absolute atomic E-state index is 13.6. The number of nitrogens with zero attached hydrogens (tertiary/aromatic N) is 1. The van der Waals surface area contributed by atoms with Gasteiger partial charge in [0.25, 0.3) is 0 Å². The number of aliphatic hydroxyl groups excluding tert-OH is 1. The van der Waals surface area contributed by atoms with E-state index < -0.39 is 6.04 Å². The summed E-state index contributed by atoms with van der Waals surface area (Å²) in [5.74, 6) is 0.245. The van der Waals surface area contributed by atoms with Crippen molar-refractivity contribution < 1.29 is 19.4 Å². The zero-order chi connectivity index (χ0) is 35.8. The molecule has 8 nitrogen and oxygen atoms in total. The Morgan fingerprint density at radius 2 is 1.35 bits per heavy atom. The fourth-order valence-electron chi connectivity index (χ4n) is 6.30. The third-order valence-corrected chi connectivity index (χ3v) is 8.93. The fraction of sp³-hybridized carbons (Fsp3) is 0.256. The van der Waals surface area contributed by atoms with Gasteiger partial charge in [-0.3, -0.25) is 9.59 Å². The lowest BCUT2D eigenvalue weighted by Gasteiger charge is -2.35. The number of nitrogens with one attached hydrogen (secondary N) is 2. The van der Waals surface area contributed by atoms with Crippen LogP contribution in [0.25, 0.3) is 0 Å². The molecule has 0 radical (unpaired) electrons. The minimum Gasteiger partial charge on any atom is -0.497 e. The van der Waals surface area contributed by atoms with Crippen molar-refractivity contribution in [2.24, 2.45) is 5.73 Å². The number of hydrogen-bond donors (Lipinski definition) is 4. The summed E-state index contributed by atoms with van der Waals surface area (Å²) in [4.78, 5) is 29.3. The van der Waals surface area contributed by atoms with Crippen LogP contribution in [0.2, 0.25) is 0 Å². The predicted octanol–water partition coefficient (Wildman–Crippen LogP) is 7.04. The maximum atomic E-state index is 13.6. The molecule has 5 rings (SSSR count). The van der Waals surface area contributed by atoms with Gasteiger partial charge >= 0.3 is 0 Å². The average Bonchev–Trinajstić information content (AvgIpc) is 3.17. The molecule has 0 aliphatic heterocycles. The summed E-state index contributed by atoms with van der Waals surface area (Å²) in [6.45, 7) is 0.627. The monoisotopic (exact) mass is 684 g/mol. The van der Waals surface area contributed by atoms with Crippen LogP contribution in [0.3, 0.4) is 0 Å². The first kappa shape index (κ1) is 36.8. The summed E-state index contributed by atoms with van der Waals surface area (Å²) < 4.78 is 5.45. The second-order valence-electron chi connectivity index (χ2n) is 12.7. The van der Waals surface area contributed by atoms with E-state index in [1.54, 1.807) is 31.4 Å². The molecule has 0 heterocycles. The van der Waals surface area contributed by atoms with Crippen LogP contribution in [-0.2, 0) is 22.6 Å². The van der Waals surface area contributed by atoms with Gasteiger partial charge < -0.3 is 31.1 Å². The number of anilines is 2. The van der Waals surface area contributed by atoms with Crippen molar-refractivity contribution in [1.82, 2.24) is 5.32 Å². The lowest BCUT2D eigenvalue weighted by molar-refractivity contribution is -0.126. The summed E-state index contributed by atoms with van der Waals surface area (Å²) in [6, 6.07) is 44.6. The van der Waals surface area contributed by atoms with Crippen LogP contribution in [0.5, 0.6) is 5.75 Å². The summed E-state index contributed by atoms with van der Waals surface area (Å²) in [7, 11) is 1.67. The van der Waals surface area contributed by atoms with E-state index in [2.05, 4.69) is 64.1 Å². The molecule has 2 amide bonds. The quantitative estimate of drug-likeness (QED) is 0.0737. The van der Waals surface area contributed by atoms with E-state index >= 15 is 0 Å². The summed E-state index contributed by atoms with van der Waals surface area (Å²) in [5.41, 5.74) is 12.2. The molecule has 0 aromatic heterocycles. The van der Waals surface area contributed by atoms with Crippen LogP contribution in [0, 0.1) is 0 Å². The lowest BCUT2D eigenvalue weighted by atomic mass is 9.95. The first-order chi connectivity index (χ1) is 24.9. The number of rotatable bonds is 18. The van der Waals surface area contributed by atoms with Crippen LogP contribution < -0.4 is 26.0 Å². The lowest BCUT2D eigenvalue weighted by Crippen LogP contribution is -2.45. The Kier molecular flexibility index (Phi) is 13.8.